The van der Waals surface area contributed by atoms with E-state index in [9.17, 15) is 19.2 Å². The van der Waals surface area contributed by atoms with Gasteiger partial charge in [0.2, 0.25) is 0 Å². The maximum absolute atomic E-state index is 13.7. The van der Waals surface area contributed by atoms with Crippen molar-refractivity contribution < 1.29 is 19.2 Å². The van der Waals surface area contributed by atoms with Gasteiger partial charge in [-0.3, -0.25) is 24.1 Å². The maximum atomic E-state index is 13.7. The predicted octanol–water partition coefficient (Wildman–Crippen LogP) is 4.65. The SMILES string of the molecule is O=C(Cc1ccc2c(c1NC(=O)c1ccccc1)C(=O)c1ccccc1C2=O)CN1CCN(c2ccccc2)CC1. The summed E-state index contributed by atoms with van der Waals surface area (Å²) in [5.41, 5.74) is 3.32. The number of piperazine rings is 1. The molecule has 0 radical (unpaired) electrons. The van der Waals surface area contributed by atoms with Crippen LogP contribution in [0.25, 0.3) is 0 Å². The van der Waals surface area contributed by atoms with Gasteiger partial charge in [0, 0.05) is 60.5 Å². The predicted molar refractivity (Wildman–Crippen MR) is 158 cm³/mol. The minimum absolute atomic E-state index is 0.0247. The molecule has 1 amide bonds. The molecule has 0 atom stereocenters. The van der Waals surface area contributed by atoms with E-state index in [-0.39, 0.29) is 47.1 Å². The lowest BCUT2D eigenvalue weighted by atomic mass is 9.81. The number of fused-ring (bicyclic) bond motifs is 2. The summed E-state index contributed by atoms with van der Waals surface area (Å²) in [4.78, 5) is 58.0. The van der Waals surface area contributed by atoms with Crippen molar-refractivity contribution in [3.05, 3.63) is 130 Å². The lowest BCUT2D eigenvalue weighted by Crippen LogP contribution is -2.48. The summed E-state index contributed by atoms with van der Waals surface area (Å²) in [5.74, 6) is -1.06. The Morgan fingerprint density at radius 3 is 1.95 bits per heavy atom. The first-order chi connectivity index (χ1) is 20.0. The van der Waals surface area contributed by atoms with Crippen LogP contribution in [-0.2, 0) is 11.2 Å². The topological polar surface area (TPSA) is 86.8 Å². The van der Waals surface area contributed by atoms with Gasteiger partial charge in [-0.15, -0.1) is 0 Å². The molecule has 1 aliphatic heterocycles. The van der Waals surface area contributed by atoms with Gasteiger partial charge in [-0.1, -0.05) is 66.7 Å². The number of hydrogen-bond acceptors (Lipinski definition) is 6. The molecule has 1 saturated heterocycles. The molecule has 0 saturated carbocycles. The summed E-state index contributed by atoms with van der Waals surface area (Å²) in [5, 5.41) is 2.89. The summed E-state index contributed by atoms with van der Waals surface area (Å²) in [6.07, 6.45) is 0.0275. The van der Waals surface area contributed by atoms with E-state index in [2.05, 4.69) is 27.2 Å². The lowest BCUT2D eigenvalue weighted by Gasteiger charge is -2.35. The number of amides is 1. The minimum atomic E-state index is -0.413. The smallest absolute Gasteiger partial charge is 0.255 e. The Hall–Kier alpha value is -4.88. The zero-order chi connectivity index (χ0) is 28.3. The molecule has 7 heteroatoms. The first-order valence-electron chi connectivity index (χ1n) is 13.7. The Bertz CT molecular complexity index is 1640. The molecule has 2 aliphatic rings. The maximum Gasteiger partial charge on any atom is 0.255 e. The number of nitrogens with zero attached hydrogens (tertiary/aromatic N) is 2. The quantitative estimate of drug-likeness (QED) is 0.322. The molecule has 1 N–H and O–H groups in total. The first-order valence-corrected chi connectivity index (χ1v) is 13.7. The van der Waals surface area contributed by atoms with Gasteiger partial charge in [0.25, 0.3) is 5.91 Å². The third-order valence-electron chi connectivity index (χ3n) is 7.74. The number of carbonyl (C=O) groups is 4. The molecule has 0 bridgehead atoms. The van der Waals surface area contributed by atoms with E-state index in [0.717, 1.165) is 26.2 Å². The number of anilines is 2. The van der Waals surface area contributed by atoms with Gasteiger partial charge in [-0.05, 0) is 35.9 Å². The van der Waals surface area contributed by atoms with Crippen LogP contribution >= 0.6 is 0 Å². The van der Waals surface area contributed by atoms with Crippen molar-refractivity contribution in [3.8, 4) is 0 Å². The van der Waals surface area contributed by atoms with Gasteiger partial charge in [-0.2, -0.15) is 0 Å². The van der Waals surface area contributed by atoms with Crippen molar-refractivity contribution in [1.29, 1.82) is 0 Å². The summed E-state index contributed by atoms with van der Waals surface area (Å²) in [6.45, 7) is 3.43. The fourth-order valence-corrected chi connectivity index (χ4v) is 5.62. The summed E-state index contributed by atoms with van der Waals surface area (Å²) >= 11 is 0. The monoisotopic (exact) mass is 543 g/mol. The molecule has 0 spiro atoms. The highest BCUT2D eigenvalue weighted by Gasteiger charge is 2.33. The Morgan fingerprint density at radius 2 is 1.27 bits per heavy atom. The standard InChI is InChI=1S/C34H29N3O4/c38-26(22-36-17-19-37(20-18-36)25-11-5-2-6-12-25)21-24-15-16-29-30(31(24)35-34(41)23-9-3-1-4-10-23)33(40)28-14-8-7-13-27(28)32(29)39/h1-16H,17-22H2,(H,35,41). The fraction of sp³-hybridized carbons (Fsp3) is 0.176. The Labute approximate surface area is 238 Å². The number of rotatable bonds is 7. The number of benzene rings is 4. The number of hydrogen-bond donors (Lipinski definition) is 1. The Morgan fingerprint density at radius 1 is 0.659 bits per heavy atom. The van der Waals surface area contributed by atoms with Crippen LogP contribution in [0.3, 0.4) is 0 Å². The van der Waals surface area contributed by atoms with Crippen LogP contribution in [0.5, 0.6) is 0 Å². The van der Waals surface area contributed by atoms with Crippen LogP contribution in [0.2, 0.25) is 0 Å². The zero-order valence-corrected chi connectivity index (χ0v) is 22.5. The number of para-hydroxylation sites is 1. The highest BCUT2D eigenvalue weighted by Crippen LogP contribution is 2.35. The van der Waals surface area contributed by atoms with Gasteiger partial charge in [0.15, 0.2) is 17.3 Å². The average molecular weight is 544 g/mol. The van der Waals surface area contributed by atoms with Crippen LogP contribution in [0.15, 0.2) is 97.1 Å². The normalized spacial score (nSPS) is 14.8. The summed E-state index contributed by atoms with van der Waals surface area (Å²) in [6, 6.07) is 28.9. The molecular formula is C34H29N3O4. The molecule has 0 aromatic heterocycles. The van der Waals surface area contributed by atoms with Crippen molar-refractivity contribution in [2.24, 2.45) is 0 Å². The van der Waals surface area contributed by atoms with Gasteiger partial charge < -0.3 is 10.2 Å². The highest BCUT2D eigenvalue weighted by atomic mass is 16.2. The van der Waals surface area contributed by atoms with Gasteiger partial charge in [-0.25, -0.2) is 0 Å². The molecule has 7 nitrogen and oxygen atoms in total. The van der Waals surface area contributed by atoms with Crippen LogP contribution in [0.4, 0.5) is 11.4 Å². The molecule has 1 heterocycles. The van der Waals surface area contributed by atoms with E-state index in [4.69, 9.17) is 0 Å². The Kier molecular flexibility index (Phi) is 7.27. The highest BCUT2D eigenvalue weighted by molar-refractivity contribution is 6.31. The Balaban J connectivity index is 1.25. The number of carbonyl (C=O) groups excluding carboxylic acids is 4. The summed E-state index contributed by atoms with van der Waals surface area (Å²) < 4.78 is 0. The third kappa shape index (κ3) is 5.32. The van der Waals surface area contributed by atoms with E-state index < -0.39 is 5.91 Å². The van der Waals surface area contributed by atoms with Crippen LogP contribution in [0.1, 0.15) is 47.8 Å². The van der Waals surface area contributed by atoms with Crippen molar-refractivity contribution in [1.82, 2.24) is 4.90 Å². The molecule has 6 rings (SSSR count). The molecule has 1 fully saturated rings. The minimum Gasteiger partial charge on any atom is -0.369 e. The molecule has 0 unspecified atom stereocenters. The average Bonchev–Trinajstić information content (AvgIpc) is 3.01. The lowest BCUT2D eigenvalue weighted by molar-refractivity contribution is -0.119. The van der Waals surface area contributed by atoms with Crippen molar-refractivity contribution in [2.45, 2.75) is 6.42 Å². The van der Waals surface area contributed by atoms with E-state index in [1.807, 2.05) is 24.3 Å². The second kappa shape index (κ2) is 11.3. The van der Waals surface area contributed by atoms with Crippen LogP contribution < -0.4 is 10.2 Å². The number of Topliss-reactive ketones (excluding diaryl/α,β-unsaturated/α-hetero) is 1. The molecule has 4 aromatic rings. The second-order valence-corrected chi connectivity index (χ2v) is 10.4. The van der Waals surface area contributed by atoms with Crippen molar-refractivity contribution >= 4 is 34.6 Å². The van der Waals surface area contributed by atoms with Gasteiger partial charge >= 0.3 is 0 Å². The van der Waals surface area contributed by atoms with Crippen LogP contribution in [0, 0.1) is 0 Å². The largest absolute Gasteiger partial charge is 0.369 e. The molecule has 41 heavy (non-hydrogen) atoms. The summed E-state index contributed by atoms with van der Waals surface area (Å²) in [7, 11) is 0. The molecular weight excluding hydrogens is 514 g/mol. The first kappa shape index (κ1) is 26.3. The van der Waals surface area contributed by atoms with E-state index >= 15 is 0 Å². The van der Waals surface area contributed by atoms with Crippen molar-refractivity contribution in [2.75, 3.05) is 42.9 Å². The fourth-order valence-electron chi connectivity index (χ4n) is 5.62. The van der Waals surface area contributed by atoms with E-state index in [1.54, 1.807) is 60.7 Å². The van der Waals surface area contributed by atoms with E-state index in [0.29, 0.717) is 22.3 Å². The van der Waals surface area contributed by atoms with Gasteiger partial charge in [0.1, 0.15) is 0 Å². The third-order valence-corrected chi connectivity index (χ3v) is 7.74. The van der Waals surface area contributed by atoms with Crippen molar-refractivity contribution in [3.63, 3.8) is 0 Å². The zero-order valence-electron chi connectivity index (χ0n) is 22.5. The molecule has 204 valence electrons. The van der Waals surface area contributed by atoms with Crippen LogP contribution in [-0.4, -0.2) is 60.9 Å². The molecule has 1 aliphatic carbocycles. The second-order valence-electron chi connectivity index (χ2n) is 10.4. The van der Waals surface area contributed by atoms with E-state index in [1.165, 1.54) is 5.69 Å². The number of ketones is 3. The number of nitrogens with one attached hydrogen (secondary N) is 1. The molecule has 4 aromatic carbocycles. The van der Waals surface area contributed by atoms with Gasteiger partial charge in [0.05, 0.1) is 17.8 Å².